The molecule has 2 rings (SSSR count). The van der Waals surface area contributed by atoms with E-state index in [1.807, 2.05) is 12.1 Å². The Hall–Kier alpha value is -1.39. The van der Waals surface area contributed by atoms with Crippen LogP contribution in [0, 0.1) is 0 Å². The highest BCUT2D eigenvalue weighted by Gasteiger charge is 2.10. The summed E-state index contributed by atoms with van der Waals surface area (Å²) in [5, 5.41) is 18.3. The van der Waals surface area contributed by atoms with Crippen LogP contribution in [0.1, 0.15) is 17.4 Å². The molecule has 4 nitrogen and oxygen atoms in total. The number of aliphatic hydroxyl groups is 1. The van der Waals surface area contributed by atoms with E-state index in [4.69, 9.17) is 11.6 Å². The van der Waals surface area contributed by atoms with Gasteiger partial charge in [0.1, 0.15) is 0 Å². The van der Waals surface area contributed by atoms with Crippen molar-refractivity contribution in [3.63, 3.8) is 0 Å². The topological polar surface area (TPSA) is 50.9 Å². The van der Waals surface area contributed by atoms with E-state index in [9.17, 15) is 5.11 Å². The summed E-state index contributed by atoms with van der Waals surface area (Å²) in [4.78, 5) is 0. The molecule has 16 heavy (non-hydrogen) atoms. The molecule has 0 saturated heterocycles. The highest BCUT2D eigenvalue weighted by Crippen LogP contribution is 2.20. The van der Waals surface area contributed by atoms with E-state index < -0.39 is 6.10 Å². The van der Waals surface area contributed by atoms with Gasteiger partial charge in [0, 0.05) is 24.7 Å². The summed E-state index contributed by atoms with van der Waals surface area (Å²) in [5.41, 5.74) is 1.55. The van der Waals surface area contributed by atoms with Gasteiger partial charge in [0.05, 0.1) is 11.8 Å². The number of aliphatic hydroxyl groups excluding tert-OH is 1. The maximum absolute atomic E-state index is 9.97. The van der Waals surface area contributed by atoms with Crippen molar-refractivity contribution in [3.05, 3.63) is 46.7 Å². The van der Waals surface area contributed by atoms with Gasteiger partial charge in [-0.15, -0.1) is 5.10 Å². The van der Waals surface area contributed by atoms with Gasteiger partial charge < -0.3 is 5.11 Å². The van der Waals surface area contributed by atoms with Crippen molar-refractivity contribution in [2.45, 2.75) is 12.5 Å². The van der Waals surface area contributed by atoms with Crippen molar-refractivity contribution in [1.29, 1.82) is 0 Å². The number of aryl methyl sites for hydroxylation is 1. The molecule has 0 spiro atoms. The third kappa shape index (κ3) is 2.59. The lowest BCUT2D eigenvalue weighted by Gasteiger charge is -2.08. The molecule has 0 saturated carbocycles. The second kappa shape index (κ2) is 4.63. The average Bonchev–Trinajstić information content (AvgIpc) is 2.64. The first-order valence-electron chi connectivity index (χ1n) is 4.94. The Morgan fingerprint density at radius 3 is 2.94 bits per heavy atom. The van der Waals surface area contributed by atoms with Gasteiger partial charge in [-0.3, -0.25) is 4.68 Å². The van der Waals surface area contributed by atoms with Gasteiger partial charge in [-0.25, -0.2) is 0 Å². The molecule has 0 radical (unpaired) electrons. The van der Waals surface area contributed by atoms with Gasteiger partial charge in [-0.05, 0) is 17.7 Å². The first-order chi connectivity index (χ1) is 7.65. The molecule has 1 aromatic carbocycles. The smallest absolute Gasteiger partial charge is 0.0856 e. The first kappa shape index (κ1) is 11.1. The van der Waals surface area contributed by atoms with Crippen LogP contribution in [0.2, 0.25) is 5.02 Å². The zero-order chi connectivity index (χ0) is 11.5. The first-order valence-corrected chi connectivity index (χ1v) is 5.31. The van der Waals surface area contributed by atoms with Crippen LogP contribution >= 0.6 is 11.6 Å². The van der Waals surface area contributed by atoms with Gasteiger partial charge in [0.15, 0.2) is 0 Å². The molecule has 1 atom stereocenters. The number of benzene rings is 1. The van der Waals surface area contributed by atoms with Gasteiger partial charge in [0.25, 0.3) is 0 Å². The molecule has 1 unspecified atom stereocenters. The van der Waals surface area contributed by atoms with Crippen molar-refractivity contribution >= 4 is 11.6 Å². The minimum absolute atomic E-state index is 0.439. The number of hydrogen-bond donors (Lipinski definition) is 1. The predicted octanol–water partition coefficient (Wildman–Crippen LogP) is 1.74. The molecular formula is C11H12ClN3O. The third-order valence-corrected chi connectivity index (χ3v) is 2.52. The summed E-state index contributed by atoms with van der Waals surface area (Å²) in [7, 11) is 1.79. The van der Waals surface area contributed by atoms with Crippen LogP contribution in [0.5, 0.6) is 0 Å². The summed E-state index contributed by atoms with van der Waals surface area (Å²) in [6, 6.07) is 7.19. The normalized spacial score (nSPS) is 12.7. The van der Waals surface area contributed by atoms with Crippen LogP contribution in [0.15, 0.2) is 30.5 Å². The predicted molar refractivity (Wildman–Crippen MR) is 61.1 cm³/mol. The zero-order valence-corrected chi connectivity index (χ0v) is 9.59. The number of halogens is 1. The highest BCUT2D eigenvalue weighted by atomic mass is 35.5. The lowest BCUT2D eigenvalue weighted by Crippen LogP contribution is -2.02. The Morgan fingerprint density at radius 2 is 2.31 bits per heavy atom. The molecule has 2 aromatic rings. The largest absolute Gasteiger partial charge is 0.388 e. The Morgan fingerprint density at radius 1 is 1.50 bits per heavy atom. The molecule has 1 aromatic heterocycles. The van der Waals surface area contributed by atoms with Crippen molar-refractivity contribution in [3.8, 4) is 0 Å². The van der Waals surface area contributed by atoms with Crippen LogP contribution in [-0.4, -0.2) is 20.1 Å². The van der Waals surface area contributed by atoms with Gasteiger partial charge in [-0.2, -0.15) is 0 Å². The Bertz CT molecular complexity index is 484. The average molecular weight is 238 g/mol. The standard InChI is InChI=1S/C11H12ClN3O/c1-15-7-10(13-14-15)6-11(16)8-3-2-4-9(12)5-8/h2-5,7,11,16H,6H2,1H3. The van der Waals surface area contributed by atoms with E-state index in [-0.39, 0.29) is 0 Å². The Kier molecular flexibility index (Phi) is 3.22. The maximum Gasteiger partial charge on any atom is 0.0856 e. The molecule has 84 valence electrons. The summed E-state index contributed by atoms with van der Waals surface area (Å²) < 4.78 is 1.61. The second-order valence-electron chi connectivity index (χ2n) is 3.66. The molecule has 0 fully saturated rings. The summed E-state index contributed by atoms with van der Waals surface area (Å²) in [5.74, 6) is 0. The fourth-order valence-electron chi connectivity index (χ4n) is 1.52. The van der Waals surface area contributed by atoms with Crippen molar-refractivity contribution in [1.82, 2.24) is 15.0 Å². The van der Waals surface area contributed by atoms with E-state index in [0.717, 1.165) is 11.3 Å². The number of hydrogen-bond acceptors (Lipinski definition) is 3. The molecule has 0 aliphatic rings. The lowest BCUT2D eigenvalue weighted by molar-refractivity contribution is 0.177. The Balaban J connectivity index is 2.11. The van der Waals surface area contributed by atoms with Crippen molar-refractivity contribution in [2.75, 3.05) is 0 Å². The van der Waals surface area contributed by atoms with Gasteiger partial charge >= 0.3 is 0 Å². The molecular weight excluding hydrogens is 226 g/mol. The summed E-state index contributed by atoms with van der Waals surface area (Å²) in [6.45, 7) is 0. The molecule has 0 amide bonds. The molecule has 5 heteroatoms. The SMILES string of the molecule is Cn1cc(CC(O)c2cccc(Cl)c2)nn1. The minimum Gasteiger partial charge on any atom is -0.388 e. The van der Waals surface area contributed by atoms with Crippen LogP contribution in [-0.2, 0) is 13.5 Å². The van der Waals surface area contributed by atoms with Gasteiger partial charge in [-0.1, -0.05) is 28.9 Å². The van der Waals surface area contributed by atoms with Crippen LogP contribution in [0.3, 0.4) is 0 Å². The second-order valence-corrected chi connectivity index (χ2v) is 4.09. The van der Waals surface area contributed by atoms with E-state index in [1.165, 1.54) is 0 Å². The quantitative estimate of drug-likeness (QED) is 0.885. The van der Waals surface area contributed by atoms with Crippen LogP contribution < -0.4 is 0 Å². The maximum atomic E-state index is 9.97. The lowest BCUT2D eigenvalue weighted by atomic mass is 10.1. The van der Waals surface area contributed by atoms with Crippen LogP contribution in [0.4, 0.5) is 0 Å². The summed E-state index contributed by atoms with van der Waals surface area (Å²) in [6.07, 6.45) is 1.62. The monoisotopic (exact) mass is 237 g/mol. The molecule has 1 N–H and O–H groups in total. The van der Waals surface area contributed by atoms with E-state index in [2.05, 4.69) is 10.3 Å². The van der Waals surface area contributed by atoms with Gasteiger partial charge in [0.2, 0.25) is 0 Å². The van der Waals surface area contributed by atoms with E-state index >= 15 is 0 Å². The number of nitrogens with zero attached hydrogens (tertiary/aromatic N) is 3. The van der Waals surface area contributed by atoms with E-state index in [1.54, 1.807) is 30.1 Å². The molecule has 0 aliphatic carbocycles. The Labute approximate surface area is 98.5 Å². The molecule has 0 aliphatic heterocycles. The van der Waals surface area contributed by atoms with E-state index in [0.29, 0.717) is 11.4 Å². The number of aromatic nitrogens is 3. The molecule has 0 bridgehead atoms. The molecule has 1 heterocycles. The van der Waals surface area contributed by atoms with Crippen molar-refractivity contribution in [2.24, 2.45) is 7.05 Å². The van der Waals surface area contributed by atoms with Crippen molar-refractivity contribution < 1.29 is 5.11 Å². The highest BCUT2D eigenvalue weighted by molar-refractivity contribution is 6.30. The van der Waals surface area contributed by atoms with Crippen LogP contribution in [0.25, 0.3) is 0 Å². The minimum atomic E-state index is -0.601. The fourth-order valence-corrected chi connectivity index (χ4v) is 1.72. The summed E-state index contributed by atoms with van der Waals surface area (Å²) >= 11 is 5.85. The third-order valence-electron chi connectivity index (χ3n) is 2.29. The fraction of sp³-hybridized carbons (Fsp3) is 0.273. The number of rotatable bonds is 3. The zero-order valence-electron chi connectivity index (χ0n) is 8.84.